The smallest absolute Gasteiger partial charge is 0.254 e. The molecule has 22 heavy (non-hydrogen) atoms. The van der Waals surface area contributed by atoms with Gasteiger partial charge in [0.15, 0.2) is 0 Å². The van der Waals surface area contributed by atoms with Gasteiger partial charge in [-0.05, 0) is 49.2 Å². The number of pyridine rings is 1. The van der Waals surface area contributed by atoms with Crippen molar-refractivity contribution in [2.75, 3.05) is 11.9 Å². The minimum atomic E-state index is -0.392. The van der Waals surface area contributed by atoms with Gasteiger partial charge in [0, 0.05) is 6.61 Å². The number of nitrogens with zero attached hydrogens (tertiary/aromatic N) is 1. The lowest BCUT2D eigenvalue weighted by molar-refractivity contribution is -0.124. The van der Waals surface area contributed by atoms with Crippen molar-refractivity contribution in [3.8, 4) is 11.5 Å². The van der Waals surface area contributed by atoms with Gasteiger partial charge in [-0.1, -0.05) is 0 Å². The molecule has 3 rings (SSSR count). The lowest BCUT2D eigenvalue weighted by Crippen LogP contribution is -2.27. The second-order valence-corrected chi connectivity index (χ2v) is 4.93. The first-order valence-electron chi connectivity index (χ1n) is 7.03. The van der Waals surface area contributed by atoms with Crippen LogP contribution in [0.15, 0.2) is 42.6 Å². The molecule has 1 aliphatic heterocycles. The Morgan fingerprint density at radius 3 is 2.64 bits per heavy atom. The number of anilines is 1. The predicted molar refractivity (Wildman–Crippen MR) is 78.3 cm³/mol. The number of carbonyl (C=O) groups excluding carboxylic acids is 1. The number of rotatable bonds is 4. The zero-order chi connectivity index (χ0) is 15.4. The van der Waals surface area contributed by atoms with E-state index in [0.717, 1.165) is 12.8 Å². The van der Waals surface area contributed by atoms with Gasteiger partial charge in [-0.2, -0.15) is 0 Å². The minimum Gasteiger partial charge on any atom is -0.456 e. The average Bonchev–Trinajstić information content (AvgIpc) is 3.06. The second-order valence-electron chi connectivity index (χ2n) is 4.93. The molecule has 0 bridgehead atoms. The van der Waals surface area contributed by atoms with Crippen molar-refractivity contribution in [3.63, 3.8) is 0 Å². The van der Waals surface area contributed by atoms with Gasteiger partial charge in [0.2, 0.25) is 0 Å². The standard InChI is InChI=1S/C16H15FN2O3/c17-11-3-5-12(6-4-11)22-13-7-8-15(18-10-13)19-16(20)14-2-1-9-21-14/h3-8,10,14H,1-2,9H2,(H,18,19,20)/t14-/m0/s1. The Labute approximate surface area is 127 Å². The number of ether oxygens (including phenoxy) is 2. The van der Waals surface area contributed by atoms with E-state index in [1.165, 1.54) is 30.5 Å². The van der Waals surface area contributed by atoms with Crippen molar-refractivity contribution in [2.24, 2.45) is 0 Å². The molecule has 1 aromatic heterocycles. The average molecular weight is 302 g/mol. The fraction of sp³-hybridized carbons (Fsp3) is 0.250. The molecular formula is C16H15FN2O3. The molecule has 1 aromatic carbocycles. The van der Waals surface area contributed by atoms with E-state index in [1.54, 1.807) is 12.1 Å². The number of benzene rings is 1. The predicted octanol–water partition coefficient (Wildman–Crippen LogP) is 3.13. The first-order valence-corrected chi connectivity index (χ1v) is 7.03. The number of aromatic nitrogens is 1. The molecule has 1 saturated heterocycles. The first-order chi connectivity index (χ1) is 10.7. The van der Waals surface area contributed by atoms with Crippen LogP contribution >= 0.6 is 0 Å². The summed E-state index contributed by atoms with van der Waals surface area (Å²) in [5.74, 6) is 0.947. The Kier molecular flexibility index (Phi) is 4.29. The quantitative estimate of drug-likeness (QED) is 0.942. The highest BCUT2D eigenvalue weighted by Crippen LogP contribution is 2.22. The van der Waals surface area contributed by atoms with Gasteiger partial charge in [0.05, 0.1) is 6.20 Å². The van der Waals surface area contributed by atoms with Crippen molar-refractivity contribution in [1.82, 2.24) is 4.98 Å². The molecule has 0 saturated carbocycles. The summed E-state index contributed by atoms with van der Waals surface area (Å²) in [6.45, 7) is 0.621. The molecule has 1 atom stereocenters. The summed E-state index contributed by atoms with van der Waals surface area (Å²) < 4.78 is 23.6. The fourth-order valence-corrected chi connectivity index (χ4v) is 2.14. The van der Waals surface area contributed by atoms with E-state index in [4.69, 9.17) is 9.47 Å². The zero-order valence-electron chi connectivity index (χ0n) is 11.8. The Morgan fingerprint density at radius 2 is 2.00 bits per heavy atom. The zero-order valence-corrected chi connectivity index (χ0v) is 11.8. The van der Waals surface area contributed by atoms with E-state index in [2.05, 4.69) is 10.3 Å². The molecule has 114 valence electrons. The van der Waals surface area contributed by atoms with Crippen molar-refractivity contribution in [3.05, 3.63) is 48.4 Å². The molecule has 0 aliphatic carbocycles. The van der Waals surface area contributed by atoms with Crippen LogP contribution in [0.5, 0.6) is 11.5 Å². The summed E-state index contributed by atoms with van der Waals surface area (Å²) >= 11 is 0. The molecule has 1 aliphatic rings. The van der Waals surface area contributed by atoms with Crippen molar-refractivity contribution in [2.45, 2.75) is 18.9 Å². The van der Waals surface area contributed by atoms with E-state index in [1.807, 2.05) is 0 Å². The lowest BCUT2D eigenvalue weighted by atomic mass is 10.2. The summed E-state index contributed by atoms with van der Waals surface area (Å²) in [6.07, 6.45) is 2.74. The topological polar surface area (TPSA) is 60.5 Å². The lowest BCUT2D eigenvalue weighted by Gasteiger charge is -2.10. The highest BCUT2D eigenvalue weighted by atomic mass is 19.1. The van der Waals surface area contributed by atoms with E-state index < -0.39 is 6.10 Å². The summed E-state index contributed by atoms with van der Waals surface area (Å²) in [5.41, 5.74) is 0. The monoisotopic (exact) mass is 302 g/mol. The van der Waals surface area contributed by atoms with Gasteiger partial charge < -0.3 is 14.8 Å². The van der Waals surface area contributed by atoms with E-state index in [0.29, 0.717) is 23.9 Å². The Hall–Kier alpha value is -2.47. The van der Waals surface area contributed by atoms with Gasteiger partial charge in [0.1, 0.15) is 29.2 Å². The maximum absolute atomic E-state index is 12.8. The second kappa shape index (κ2) is 6.53. The number of carbonyl (C=O) groups is 1. The van der Waals surface area contributed by atoms with Crippen molar-refractivity contribution < 1.29 is 18.7 Å². The maximum atomic E-state index is 12.8. The number of nitrogens with one attached hydrogen (secondary N) is 1. The number of hydrogen-bond acceptors (Lipinski definition) is 4. The molecule has 0 radical (unpaired) electrons. The summed E-state index contributed by atoms with van der Waals surface area (Å²) in [6, 6.07) is 9.02. The highest BCUT2D eigenvalue weighted by molar-refractivity contribution is 5.93. The third-order valence-corrected chi connectivity index (χ3v) is 3.26. The molecule has 0 unspecified atom stereocenters. The van der Waals surface area contributed by atoms with Gasteiger partial charge in [-0.25, -0.2) is 9.37 Å². The van der Waals surface area contributed by atoms with Crippen LogP contribution in [0.3, 0.4) is 0 Å². The molecule has 1 fully saturated rings. The van der Waals surface area contributed by atoms with E-state index in [9.17, 15) is 9.18 Å². The van der Waals surface area contributed by atoms with Gasteiger partial charge in [-0.3, -0.25) is 4.79 Å². The highest BCUT2D eigenvalue weighted by Gasteiger charge is 2.23. The van der Waals surface area contributed by atoms with Crippen LogP contribution < -0.4 is 10.1 Å². The van der Waals surface area contributed by atoms with E-state index in [-0.39, 0.29) is 11.7 Å². The van der Waals surface area contributed by atoms with E-state index >= 15 is 0 Å². The number of amides is 1. The normalized spacial score (nSPS) is 17.2. The van der Waals surface area contributed by atoms with Gasteiger partial charge in [-0.15, -0.1) is 0 Å². The Bertz CT molecular complexity index is 637. The molecule has 0 spiro atoms. The van der Waals surface area contributed by atoms with Crippen molar-refractivity contribution in [1.29, 1.82) is 0 Å². The number of halogens is 1. The summed E-state index contributed by atoms with van der Waals surface area (Å²) in [5, 5.41) is 2.70. The molecular weight excluding hydrogens is 287 g/mol. The summed E-state index contributed by atoms with van der Waals surface area (Å²) in [4.78, 5) is 16.0. The summed E-state index contributed by atoms with van der Waals surface area (Å²) in [7, 11) is 0. The third kappa shape index (κ3) is 3.59. The van der Waals surface area contributed by atoms with Crippen molar-refractivity contribution >= 4 is 11.7 Å². The fourth-order valence-electron chi connectivity index (χ4n) is 2.14. The number of hydrogen-bond donors (Lipinski definition) is 1. The molecule has 6 heteroatoms. The Balaban J connectivity index is 1.60. The van der Waals surface area contributed by atoms with Crippen LogP contribution in [0.1, 0.15) is 12.8 Å². The third-order valence-electron chi connectivity index (χ3n) is 3.26. The minimum absolute atomic E-state index is 0.183. The SMILES string of the molecule is O=C(Nc1ccc(Oc2ccc(F)cc2)cn1)[C@@H]1CCCO1. The van der Waals surface area contributed by atoms with Crippen LogP contribution in [0.2, 0.25) is 0 Å². The van der Waals surface area contributed by atoms with Gasteiger partial charge in [0.25, 0.3) is 5.91 Å². The van der Waals surface area contributed by atoms with Gasteiger partial charge >= 0.3 is 0 Å². The van der Waals surface area contributed by atoms with Crippen LogP contribution in [0.25, 0.3) is 0 Å². The molecule has 1 amide bonds. The maximum Gasteiger partial charge on any atom is 0.254 e. The Morgan fingerprint density at radius 1 is 1.23 bits per heavy atom. The van der Waals surface area contributed by atoms with Crippen LogP contribution in [-0.2, 0) is 9.53 Å². The molecule has 5 nitrogen and oxygen atoms in total. The molecule has 2 heterocycles. The van der Waals surface area contributed by atoms with Crippen LogP contribution in [0, 0.1) is 5.82 Å². The molecule has 2 aromatic rings. The van der Waals surface area contributed by atoms with Crippen LogP contribution in [-0.4, -0.2) is 23.6 Å². The molecule has 1 N–H and O–H groups in total. The van der Waals surface area contributed by atoms with Crippen LogP contribution in [0.4, 0.5) is 10.2 Å². The first kappa shape index (κ1) is 14.5. The largest absolute Gasteiger partial charge is 0.456 e.